The standard InChI is InChI=1S/C19H21N3O5/c1-11-14(12(2)27-21-11)10-22-17(23)19(3,20-18(22)24)13-5-6-15-16(9-13)26-8-4-7-25-15/h5-6,9H,4,7-8,10H2,1-3H3,(H,20,24)/t19-/m0/s1. The summed E-state index contributed by atoms with van der Waals surface area (Å²) in [5, 5.41) is 6.70. The Hall–Kier alpha value is -3.03. The molecule has 1 fully saturated rings. The second-order valence-corrected chi connectivity index (χ2v) is 6.96. The van der Waals surface area contributed by atoms with E-state index in [1.54, 1.807) is 39.0 Å². The van der Waals surface area contributed by atoms with E-state index in [-0.39, 0.29) is 12.5 Å². The number of aromatic nitrogens is 1. The number of amides is 3. The van der Waals surface area contributed by atoms with Crippen molar-refractivity contribution >= 4 is 11.9 Å². The van der Waals surface area contributed by atoms with Gasteiger partial charge in [-0.3, -0.25) is 9.69 Å². The van der Waals surface area contributed by atoms with Crippen molar-refractivity contribution in [3.05, 3.63) is 40.8 Å². The number of nitrogens with one attached hydrogen (secondary N) is 1. The van der Waals surface area contributed by atoms with Gasteiger partial charge in [0.05, 0.1) is 25.5 Å². The number of imide groups is 1. The fraction of sp³-hybridized carbons (Fsp3) is 0.421. The highest BCUT2D eigenvalue weighted by Gasteiger charge is 2.49. The molecule has 1 N–H and O–H groups in total. The maximum absolute atomic E-state index is 13.1. The summed E-state index contributed by atoms with van der Waals surface area (Å²) in [6.07, 6.45) is 0.794. The number of hydrogen-bond donors (Lipinski definition) is 1. The van der Waals surface area contributed by atoms with E-state index in [2.05, 4.69) is 10.5 Å². The van der Waals surface area contributed by atoms with Gasteiger partial charge in [-0.15, -0.1) is 0 Å². The zero-order valence-electron chi connectivity index (χ0n) is 15.5. The first kappa shape index (κ1) is 17.4. The van der Waals surface area contributed by atoms with Crippen molar-refractivity contribution in [2.24, 2.45) is 0 Å². The first-order valence-corrected chi connectivity index (χ1v) is 8.86. The van der Waals surface area contributed by atoms with Crippen LogP contribution in [0.4, 0.5) is 4.79 Å². The fourth-order valence-electron chi connectivity index (χ4n) is 3.40. The molecule has 1 saturated heterocycles. The molecule has 8 nitrogen and oxygen atoms in total. The van der Waals surface area contributed by atoms with Crippen molar-refractivity contribution in [3.8, 4) is 11.5 Å². The SMILES string of the molecule is Cc1noc(C)c1CN1C(=O)N[C@@](C)(c2ccc3c(c2)OCCCO3)C1=O. The van der Waals surface area contributed by atoms with E-state index in [9.17, 15) is 9.59 Å². The first-order valence-electron chi connectivity index (χ1n) is 8.86. The number of nitrogens with zero attached hydrogens (tertiary/aromatic N) is 2. The van der Waals surface area contributed by atoms with E-state index in [1.807, 2.05) is 0 Å². The molecule has 2 aromatic rings. The molecular weight excluding hydrogens is 350 g/mol. The summed E-state index contributed by atoms with van der Waals surface area (Å²) < 4.78 is 16.5. The van der Waals surface area contributed by atoms with Crippen LogP contribution in [-0.2, 0) is 16.9 Å². The minimum atomic E-state index is -1.18. The topological polar surface area (TPSA) is 93.9 Å². The molecule has 2 aliphatic heterocycles. The van der Waals surface area contributed by atoms with E-state index in [0.29, 0.717) is 41.7 Å². The monoisotopic (exact) mass is 371 g/mol. The van der Waals surface area contributed by atoms with Crippen LogP contribution in [0.25, 0.3) is 0 Å². The number of aryl methyl sites for hydroxylation is 2. The summed E-state index contributed by atoms with van der Waals surface area (Å²) in [6, 6.07) is 4.87. The van der Waals surface area contributed by atoms with Gasteiger partial charge in [0.15, 0.2) is 11.5 Å². The summed E-state index contributed by atoms with van der Waals surface area (Å²) in [7, 11) is 0. The fourth-order valence-corrected chi connectivity index (χ4v) is 3.40. The van der Waals surface area contributed by atoms with Gasteiger partial charge in [0.2, 0.25) is 0 Å². The van der Waals surface area contributed by atoms with Gasteiger partial charge < -0.3 is 19.3 Å². The Labute approximate surface area is 156 Å². The predicted molar refractivity (Wildman–Crippen MR) is 94.5 cm³/mol. The maximum Gasteiger partial charge on any atom is 0.325 e. The smallest absolute Gasteiger partial charge is 0.325 e. The molecule has 0 bridgehead atoms. The second-order valence-electron chi connectivity index (χ2n) is 6.96. The van der Waals surface area contributed by atoms with Crippen LogP contribution in [0.1, 0.15) is 35.9 Å². The molecule has 4 rings (SSSR count). The first-order chi connectivity index (χ1) is 12.9. The second kappa shape index (κ2) is 6.29. The predicted octanol–water partition coefficient (Wildman–Crippen LogP) is 2.42. The van der Waals surface area contributed by atoms with E-state index in [0.717, 1.165) is 12.0 Å². The minimum absolute atomic E-state index is 0.117. The lowest BCUT2D eigenvalue weighted by Gasteiger charge is -2.23. The highest BCUT2D eigenvalue weighted by molar-refractivity contribution is 6.07. The van der Waals surface area contributed by atoms with Crippen molar-refractivity contribution in [1.29, 1.82) is 0 Å². The van der Waals surface area contributed by atoms with Gasteiger partial charge >= 0.3 is 6.03 Å². The molecule has 0 aliphatic carbocycles. The molecule has 0 saturated carbocycles. The van der Waals surface area contributed by atoms with Crippen molar-refractivity contribution in [3.63, 3.8) is 0 Å². The molecule has 27 heavy (non-hydrogen) atoms. The van der Waals surface area contributed by atoms with Crippen molar-refractivity contribution in [2.75, 3.05) is 13.2 Å². The minimum Gasteiger partial charge on any atom is -0.490 e. The third kappa shape index (κ3) is 2.81. The molecule has 0 spiro atoms. The Morgan fingerprint density at radius 3 is 2.63 bits per heavy atom. The van der Waals surface area contributed by atoms with E-state index < -0.39 is 11.6 Å². The highest BCUT2D eigenvalue weighted by atomic mass is 16.5. The number of hydrogen-bond acceptors (Lipinski definition) is 6. The van der Waals surface area contributed by atoms with Crippen LogP contribution >= 0.6 is 0 Å². The molecule has 8 heteroatoms. The van der Waals surface area contributed by atoms with Gasteiger partial charge in [0.1, 0.15) is 11.3 Å². The Kier molecular flexibility index (Phi) is 4.05. The summed E-state index contributed by atoms with van der Waals surface area (Å²) in [5.41, 5.74) is 0.867. The zero-order chi connectivity index (χ0) is 19.2. The van der Waals surface area contributed by atoms with E-state index in [1.165, 1.54) is 4.90 Å². The molecule has 0 unspecified atom stereocenters. The maximum atomic E-state index is 13.1. The highest BCUT2D eigenvalue weighted by Crippen LogP contribution is 2.37. The Bertz CT molecular complexity index is 903. The normalized spacial score (nSPS) is 22.0. The molecule has 1 aromatic heterocycles. The van der Waals surface area contributed by atoms with Gasteiger partial charge in [-0.2, -0.15) is 0 Å². The third-order valence-corrected chi connectivity index (χ3v) is 5.10. The van der Waals surface area contributed by atoms with Crippen LogP contribution in [0.2, 0.25) is 0 Å². The van der Waals surface area contributed by atoms with Crippen LogP contribution < -0.4 is 14.8 Å². The molecule has 1 atom stereocenters. The van der Waals surface area contributed by atoms with Gasteiger partial charge in [-0.1, -0.05) is 11.2 Å². The molecular formula is C19H21N3O5. The number of carbonyl (C=O) groups excluding carboxylic acids is 2. The largest absolute Gasteiger partial charge is 0.490 e. The number of benzene rings is 1. The van der Waals surface area contributed by atoms with Crippen LogP contribution in [0, 0.1) is 13.8 Å². The van der Waals surface area contributed by atoms with Crippen molar-refractivity contribution in [1.82, 2.24) is 15.4 Å². The molecule has 3 heterocycles. The van der Waals surface area contributed by atoms with Crippen LogP contribution in [0.5, 0.6) is 11.5 Å². The molecule has 3 amide bonds. The lowest BCUT2D eigenvalue weighted by atomic mass is 9.91. The summed E-state index contributed by atoms with van der Waals surface area (Å²) in [6.45, 7) is 6.49. The summed E-state index contributed by atoms with van der Waals surface area (Å²) in [5.74, 6) is 1.49. The van der Waals surface area contributed by atoms with Crippen LogP contribution in [-0.4, -0.2) is 35.2 Å². The average molecular weight is 371 g/mol. The lowest BCUT2D eigenvalue weighted by Crippen LogP contribution is -2.40. The molecule has 2 aliphatic rings. The van der Waals surface area contributed by atoms with E-state index >= 15 is 0 Å². The quantitative estimate of drug-likeness (QED) is 0.833. The van der Waals surface area contributed by atoms with Gasteiger partial charge in [-0.05, 0) is 38.5 Å². The lowest BCUT2D eigenvalue weighted by molar-refractivity contribution is -0.131. The number of carbonyl (C=O) groups is 2. The number of fused-ring (bicyclic) bond motifs is 1. The molecule has 1 aromatic carbocycles. The zero-order valence-corrected chi connectivity index (χ0v) is 15.5. The Morgan fingerprint density at radius 1 is 1.19 bits per heavy atom. The van der Waals surface area contributed by atoms with Gasteiger partial charge in [0, 0.05) is 12.0 Å². The molecule has 0 radical (unpaired) electrons. The third-order valence-electron chi connectivity index (χ3n) is 5.10. The van der Waals surface area contributed by atoms with Gasteiger partial charge in [-0.25, -0.2) is 4.79 Å². The molecule has 142 valence electrons. The van der Waals surface area contributed by atoms with Crippen molar-refractivity contribution in [2.45, 2.75) is 39.3 Å². The van der Waals surface area contributed by atoms with E-state index in [4.69, 9.17) is 14.0 Å². The van der Waals surface area contributed by atoms with Gasteiger partial charge in [0.25, 0.3) is 5.91 Å². The summed E-state index contributed by atoms with van der Waals surface area (Å²) in [4.78, 5) is 26.9. The average Bonchev–Trinajstić information content (AvgIpc) is 2.96. The number of ether oxygens (including phenoxy) is 2. The Morgan fingerprint density at radius 2 is 1.93 bits per heavy atom. The Balaban J connectivity index is 1.65. The van der Waals surface area contributed by atoms with Crippen LogP contribution in [0.3, 0.4) is 0 Å². The van der Waals surface area contributed by atoms with Crippen molar-refractivity contribution < 1.29 is 23.6 Å². The number of urea groups is 1. The number of rotatable bonds is 3. The van der Waals surface area contributed by atoms with Crippen LogP contribution in [0.15, 0.2) is 22.7 Å². The summed E-state index contributed by atoms with van der Waals surface area (Å²) >= 11 is 0.